The van der Waals surface area contributed by atoms with Gasteiger partial charge in [0.2, 0.25) is 0 Å². The van der Waals surface area contributed by atoms with E-state index in [0.29, 0.717) is 5.57 Å². The number of aryl methyl sites for hydroxylation is 1. The maximum atomic E-state index is 13.9. The molecule has 1 fully saturated rings. The van der Waals surface area contributed by atoms with Gasteiger partial charge in [0.05, 0.1) is 5.57 Å². The lowest BCUT2D eigenvalue weighted by molar-refractivity contribution is -0.110. The van der Waals surface area contributed by atoms with Gasteiger partial charge in [0.25, 0.3) is 5.91 Å². The fraction of sp³-hybridized carbons (Fsp3) is 0.318. The van der Waals surface area contributed by atoms with Gasteiger partial charge >= 0.3 is 0 Å². The van der Waals surface area contributed by atoms with Crippen LogP contribution in [-0.4, -0.2) is 25.0 Å². The summed E-state index contributed by atoms with van der Waals surface area (Å²) in [6.07, 6.45) is 4.92. The molecular formula is C22H24FN3O. The van der Waals surface area contributed by atoms with Crippen molar-refractivity contribution in [3.05, 3.63) is 65.6 Å². The Morgan fingerprint density at radius 1 is 1.15 bits per heavy atom. The van der Waals surface area contributed by atoms with Gasteiger partial charge in [0.15, 0.2) is 0 Å². The van der Waals surface area contributed by atoms with E-state index in [1.807, 2.05) is 37.4 Å². The molecule has 140 valence electrons. The van der Waals surface area contributed by atoms with Crippen molar-refractivity contribution in [2.45, 2.75) is 32.2 Å². The smallest absolute Gasteiger partial charge is 0.257 e. The van der Waals surface area contributed by atoms with Gasteiger partial charge in [-0.3, -0.25) is 4.79 Å². The molecule has 5 heteroatoms. The van der Waals surface area contributed by atoms with Crippen LogP contribution in [0.2, 0.25) is 0 Å². The average Bonchev–Trinajstić information content (AvgIpc) is 2.82. The molecule has 27 heavy (non-hydrogen) atoms. The molecule has 0 radical (unpaired) electrons. The Bertz CT molecular complexity index is 885. The van der Waals surface area contributed by atoms with E-state index >= 15 is 0 Å². The van der Waals surface area contributed by atoms with E-state index in [4.69, 9.17) is 0 Å². The zero-order valence-corrected chi connectivity index (χ0v) is 15.5. The first-order chi connectivity index (χ1) is 13.1. The van der Waals surface area contributed by atoms with Crippen LogP contribution in [0, 0.1) is 12.7 Å². The normalized spacial score (nSPS) is 20.9. The molecule has 1 amide bonds. The van der Waals surface area contributed by atoms with Gasteiger partial charge in [-0.2, -0.15) is 0 Å². The molecule has 0 bridgehead atoms. The minimum absolute atomic E-state index is 0.104. The third-order valence-electron chi connectivity index (χ3n) is 5.35. The number of benzene rings is 2. The first-order valence-electron chi connectivity index (χ1n) is 9.51. The summed E-state index contributed by atoms with van der Waals surface area (Å²) in [7, 11) is 0. The van der Waals surface area contributed by atoms with Crippen molar-refractivity contribution < 1.29 is 9.18 Å². The number of carbonyl (C=O) groups is 1. The Balaban J connectivity index is 1.80. The summed E-state index contributed by atoms with van der Waals surface area (Å²) in [4.78, 5) is 14.8. The summed E-state index contributed by atoms with van der Waals surface area (Å²) in [5, 5.41) is 6.37. The molecule has 2 heterocycles. The summed E-state index contributed by atoms with van der Waals surface area (Å²) in [6.45, 7) is 3.92. The van der Waals surface area contributed by atoms with E-state index in [1.54, 1.807) is 12.1 Å². The van der Waals surface area contributed by atoms with Crippen LogP contribution in [-0.2, 0) is 4.79 Å². The van der Waals surface area contributed by atoms with Crippen molar-refractivity contribution >= 4 is 22.9 Å². The molecule has 2 aliphatic heterocycles. The average molecular weight is 365 g/mol. The zero-order chi connectivity index (χ0) is 18.8. The number of nitrogens with zero attached hydrogens (tertiary/aromatic N) is 1. The summed E-state index contributed by atoms with van der Waals surface area (Å²) < 4.78 is 13.9. The van der Waals surface area contributed by atoms with Crippen LogP contribution in [0.5, 0.6) is 0 Å². The minimum Gasteiger partial charge on any atom is -0.344 e. The molecule has 0 spiro atoms. The largest absolute Gasteiger partial charge is 0.344 e. The highest BCUT2D eigenvalue weighted by atomic mass is 19.1. The Labute approximate surface area is 159 Å². The topological polar surface area (TPSA) is 44.4 Å². The summed E-state index contributed by atoms with van der Waals surface area (Å²) in [6, 6.07) is 12.7. The highest BCUT2D eigenvalue weighted by Gasteiger charge is 2.28. The van der Waals surface area contributed by atoms with Crippen molar-refractivity contribution in [1.29, 1.82) is 0 Å². The van der Waals surface area contributed by atoms with Gasteiger partial charge in [-0.1, -0.05) is 18.2 Å². The predicted molar refractivity (Wildman–Crippen MR) is 107 cm³/mol. The molecule has 2 aromatic rings. The standard InChI is InChI=1S/C22H24FN3O/c1-15-5-2-9-20-21(15)19(22(27)25-20)14-26(17-8-4-11-24-12-10-17)18-7-3-6-16(23)13-18/h2-3,5-7,9,13-14,17,24H,4,8,10-12H2,1H3,(H,25,27)/b19-14-. The van der Waals surface area contributed by atoms with Crippen molar-refractivity contribution in [1.82, 2.24) is 5.32 Å². The first-order valence-corrected chi connectivity index (χ1v) is 9.51. The number of anilines is 2. The fourth-order valence-electron chi connectivity index (χ4n) is 4.00. The lowest BCUT2D eigenvalue weighted by Crippen LogP contribution is -2.32. The van der Waals surface area contributed by atoms with E-state index in [1.165, 1.54) is 6.07 Å². The second-order valence-corrected chi connectivity index (χ2v) is 7.22. The molecule has 0 aromatic heterocycles. The predicted octanol–water partition coefficient (Wildman–Crippen LogP) is 4.08. The molecule has 1 atom stereocenters. The van der Waals surface area contributed by atoms with Gasteiger partial charge in [-0.05, 0) is 69.1 Å². The molecule has 2 aliphatic rings. The Hall–Kier alpha value is -2.66. The van der Waals surface area contributed by atoms with E-state index in [-0.39, 0.29) is 17.8 Å². The molecule has 0 aliphatic carbocycles. The van der Waals surface area contributed by atoms with Crippen LogP contribution < -0.4 is 15.5 Å². The third-order valence-corrected chi connectivity index (χ3v) is 5.35. The summed E-state index contributed by atoms with van der Waals surface area (Å²) in [5.74, 6) is -0.373. The Morgan fingerprint density at radius 3 is 2.85 bits per heavy atom. The van der Waals surface area contributed by atoms with Crippen LogP contribution in [0.15, 0.2) is 48.7 Å². The third kappa shape index (κ3) is 3.60. The van der Waals surface area contributed by atoms with Gasteiger partial charge < -0.3 is 15.5 Å². The lowest BCUT2D eigenvalue weighted by Gasteiger charge is -2.30. The van der Waals surface area contributed by atoms with E-state index in [0.717, 1.165) is 54.9 Å². The zero-order valence-electron chi connectivity index (χ0n) is 15.5. The van der Waals surface area contributed by atoms with Crippen molar-refractivity contribution in [3.63, 3.8) is 0 Å². The number of halogens is 1. The molecule has 2 N–H and O–H groups in total. The summed E-state index contributed by atoms with van der Waals surface area (Å²) >= 11 is 0. The molecule has 1 unspecified atom stereocenters. The van der Waals surface area contributed by atoms with Crippen LogP contribution in [0.4, 0.5) is 15.8 Å². The molecular weight excluding hydrogens is 341 g/mol. The number of hydrogen-bond donors (Lipinski definition) is 2. The monoisotopic (exact) mass is 365 g/mol. The number of hydrogen-bond acceptors (Lipinski definition) is 3. The Kier molecular flexibility index (Phi) is 4.94. The second kappa shape index (κ2) is 7.53. The van der Waals surface area contributed by atoms with Crippen LogP contribution in [0.3, 0.4) is 0 Å². The Morgan fingerprint density at radius 2 is 2.00 bits per heavy atom. The lowest BCUT2D eigenvalue weighted by atomic mass is 10.0. The second-order valence-electron chi connectivity index (χ2n) is 7.22. The molecule has 4 nitrogen and oxygen atoms in total. The first kappa shape index (κ1) is 17.7. The van der Waals surface area contributed by atoms with E-state index < -0.39 is 0 Å². The van der Waals surface area contributed by atoms with Gasteiger partial charge in [-0.25, -0.2) is 4.39 Å². The number of rotatable bonds is 3. The molecule has 0 saturated carbocycles. The highest BCUT2D eigenvalue weighted by Crippen LogP contribution is 2.36. The maximum Gasteiger partial charge on any atom is 0.257 e. The quantitative estimate of drug-likeness (QED) is 0.806. The number of carbonyl (C=O) groups excluding carboxylic acids is 1. The molecule has 1 saturated heterocycles. The maximum absolute atomic E-state index is 13.9. The van der Waals surface area contributed by atoms with Crippen LogP contribution in [0.1, 0.15) is 30.4 Å². The SMILES string of the molecule is Cc1cccc2c1/C(=C/N(c1cccc(F)c1)C1CCCNCC1)C(=O)N2. The van der Waals surface area contributed by atoms with Crippen molar-refractivity contribution in [2.24, 2.45) is 0 Å². The van der Waals surface area contributed by atoms with Crippen LogP contribution >= 0.6 is 0 Å². The summed E-state index contributed by atoms with van der Waals surface area (Å²) in [5.41, 5.74) is 4.26. The van der Waals surface area contributed by atoms with E-state index in [2.05, 4.69) is 15.5 Å². The van der Waals surface area contributed by atoms with Gasteiger partial charge in [0, 0.05) is 29.2 Å². The van der Waals surface area contributed by atoms with Gasteiger partial charge in [-0.15, -0.1) is 0 Å². The van der Waals surface area contributed by atoms with Crippen LogP contribution in [0.25, 0.3) is 5.57 Å². The molecule has 2 aromatic carbocycles. The molecule has 4 rings (SSSR count). The van der Waals surface area contributed by atoms with Crippen molar-refractivity contribution in [3.8, 4) is 0 Å². The van der Waals surface area contributed by atoms with Gasteiger partial charge in [0.1, 0.15) is 5.82 Å². The number of fused-ring (bicyclic) bond motifs is 1. The minimum atomic E-state index is -0.268. The highest BCUT2D eigenvalue weighted by molar-refractivity contribution is 6.32. The van der Waals surface area contributed by atoms with E-state index in [9.17, 15) is 9.18 Å². The fourth-order valence-corrected chi connectivity index (χ4v) is 4.00. The number of amides is 1. The van der Waals surface area contributed by atoms with Crippen molar-refractivity contribution in [2.75, 3.05) is 23.3 Å². The number of nitrogens with one attached hydrogen (secondary N) is 2.